The first-order valence-electron chi connectivity index (χ1n) is 9.58. The van der Waals surface area contributed by atoms with E-state index >= 15 is 0 Å². The van der Waals surface area contributed by atoms with Crippen molar-refractivity contribution in [3.8, 4) is 22.6 Å². The molecule has 2 heterocycles. The molecule has 3 aromatic rings. The molecule has 1 atom stereocenters. The van der Waals surface area contributed by atoms with E-state index in [0.717, 1.165) is 28.9 Å². The summed E-state index contributed by atoms with van der Waals surface area (Å²) in [6.07, 6.45) is 3.79. The van der Waals surface area contributed by atoms with Gasteiger partial charge >= 0.3 is 5.97 Å². The third-order valence-corrected chi connectivity index (χ3v) is 5.24. The van der Waals surface area contributed by atoms with Gasteiger partial charge in [-0.15, -0.1) is 0 Å². The number of carboxylic acids is 1. The molecule has 30 heavy (non-hydrogen) atoms. The molecule has 2 N–H and O–H groups in total. The predicted molar refractivity (Wildman–Crippen MR) is 111 cm³/mol. The van der Waals surface area contributed by atoms with Gasteiger partial charge in [0.1, 0.15) is 17.3 Å². The highest BCUT2D eigenvalue weighted by atomic mass is 19.1. The second kappa shape index (κ2) is 8.41. The number of anilines is 1. The van der Waals surface area contributed by atoms with Gasteiger partial charge < -0.3 is 19.9 Å². The number of rotatable bonds is 6. The number of aromatic nitrogens is 1. The van der Waals surface area contributed by atoms with E-state index < -0.39 is 5.97 Å². The summed E-state index contributed by atoms with van der Waals surface area (Å²) in [6, 6.07) is 11.8. The topological polar surface area (TPSA) is 80.7 Å². The van der Waals surface area contributed by atoms with Gasteiger partial charge in [0.25, 0.3) is 0 Å². The van der Waals surface area contributed by atoms with Gasteiger partial charge in [0.2, 0.25) is 0 Å². The summed E-state index contributed by atoms with van der Waals surface area (Å²) in [4.78, 5) is 15.4. The Hall–Kier alpha value is -3.61. The molecular formula is C23H21FN2O4. The molecule has 1 aliphatic rings. The van der Waals surface area contributed by atoms with Crippen LogP contribution in [0.1, 0.15) is 28.3 Å². The zero-order valence-corrected chi connectivity index (χ0v) is 16.4. The van der Waals surface area contributed by atoms with Crippen molar-refractivity contribution in [3.63, 3.8) is 0 Å². The van der Waals surface area contributed by atoms with E-state index in [1.807, 2.05) is 18.2 Å². The maximum absolute atomic E-state index is 13.5. The maximum Gasteiger partial charge on any atom is 0.337 e. The van der Waals surface area contributed by atoms with Crippen molar-refractivity contribution >= 4 is 11.7 Å². The van der Waals surface area contributed by atoms with Crippen LogP contribution in [0.4, 0.5) is 10.1 Å². The Kier molecular flexibility index (Phi) is 5.52. The molecule has 154 valence electrons. The third kappa shape index (κ3) is 3.91. The summed E-state index contributed by atoms with van der Waals surface area (Å²) >= 11 is 0. The van der Waals surface area contributed by atoms with Crippen molar-refractivity contribution in [2.24, 2.45) is 0 Å². The number of carbonyl (C=O) groups is 1. The van der Waals surface area contributed by atoms with Crippen LogP contribution in [0.5, 0.6) is 11.5 Å². The molecule has 6 nitrogen and oxygen atoms in total. The lowest BCUT2D eigenvalue weighted by Crippen LogP contribution is -2.21. The van der Waals surface area contributed by atoms with E-state index in [-0.39, 0.29) is 17.3 Å². The fraction of sp³-hybridized carbons (Fsp3) is 0.217. The highest BCUT2D eigenvalue weighted by molar-refractivity contribution is 5.93. The molecule has 0 saturated carbocycles. The number of hydrogen-bond acceptors (Lipinski definition) is 5. The van der Waals surface area contributed by atoms with Crippen LogP contribution in [-0.4, -0.2) is 36.3 Å². The van der Waals surface area contributed by atoms with Gasteiger partial charge in [0.15, 0.2) is 0 Å². The highest BCUT2D eigenvalue weighted by Crippen LogP contribution is 2.39. The summed E-state index contributed by atoms with van der Waals surface area (Å²) in [5.74, 6) is 0.0281. The molecule has 0 fully saturated rings. The molecule has 0 aliphatic carbocycles. The number of aromatic carboxylic acids is 1. The van der Waals surface area contributed by atoms with Crippen molar-refractivity contribution in [3.05, 3.63) is 71.8 Å². The van der Waals surface area contributed by atoms with Crippen LogP contribution in [0.3, 0.4) is 0 Å². The van der Waals surface area contributed by atoms with E-state index in [2.05, 4.69) is 10.3 Å². The number of nitrogens with zero attached hydrogens (tertiary/aromatic N) is 1. The Morgan fingerprint density at radius 2 is 2.17 bits per heavy atom. The molecule has 0 amide bonds. The molecule has 0 radical (unpaired) electrons. The van der Waals surface area contributed by atoms with Crippen molar-refractivity contribution in [1.29, 1.82) is 0 Å². The van der Waals surface area contributed by atoms with Crippen LogP contribution in [-0.2, 0) is 0 Å². The molecule has 0 saturated heterocycles. The van der Waals surface area contributed by atoms with E-state index in [4.69, 9.17) is 9.47 Å². The number of fused-ring (bicyclic) bond motifs is 1. The number of carboxylic acid groups (broad SMARTS) is 1. The minimum Gasteiger partial charge on any atom is -0.496 e. The molecule has 7 heteroatoms. The van der Waals surface area contributed by atoms with Crippen LogP contribution in [0.2, 0.25) is 0 Å². The van der Waals surface area contributed by atoms with E-state index in [1.165, 1.54) is 37.7 Å². The lowest BCUT2D eigenvalue weighted by Gasteiger charge is -2.27. The quantitative estimate of drug-likeness (QED) is 0.622. The first-order valence-corrected chi connectivity index (χ1v) is 9.58. The van der Waals surface area contributed by atoms with Gasteiger partial charge in [-0.05, 0) is 41.8 Å². The second-order valence-corrected chi connectivity index (χ2v) is 7.04. The minimum absolute atomic E-state index is 0.153. The Bertz CT molecular complexity index is 1090. The number of benzene rings is 2. The number of hydrogen-bond donors (Lipinski definition) is 2. The van der Waals surface area contributed by atoms with Crippen molar-refractivity contribution in [2.75, 3.05) is 25.6 Å². The van der Waals surface area contributed by atoms with E-state index in [0.29, 0.717) is 24.6 Å². The molecular weight excluding hydrogens is 387 g/mol. The van der Waals surface area contributed by atoms with Crippen molar-refractivity contribution in [2.45, 2.75) is 12.3 Å². The van der Waals surface area contributed by atoms with Crippen LogP contribution in [0.25, 0.3) is 11.1 Å². The van der Waals surface area contributed by atoms with Crippen LogP contribution < -0.4 is 14.8 Å². The third-order valence-electron chi connectivity index (χ3n) is 5.24. The number of pyridine rings is 1. The van der Waals surface area contributed by atoms with E-state index in [9.17, 15) is 14.3 Å². The Morgan fingerprint density at radius 1 is 1.30 bits per heavy atom. The van der Waals surface area contributed by atoms with Gasteiger partial charge in [0.05, 0.1) is 31.2 Å². The lowest BCUT2D eigenvalue weighted by molar-refractivity contribution is 0.0697. The zero-order valence-electron chi connectivity index (χ0n) is 16.4. The van der Waals surface area contributed by atoms with Crippen molar-refractivity contribution < 1.29 is 23.8 Å². The second-order valence-electron chi connectivity index (χ2n) is 7.04. The van der Waals surface area contributed by atoms with Gasteiger partial charge in [0, 0.05) is 30.3 Å². The molecule has 4 rings (SSSR count). The van der Waals surface area contributed by atoms with Crippen molar-refractivity contribution in [1.82, 2.24) is 4.98 Å². The number of methoxy groups -OCH3 is 1. The SMILES string of the molecule is COc1cc(F)ccc1-c1ccc2c(c1)OCC[C@H]2CNc1cnccc1C(=O)O. The molecule has 1 aromatic heterocycles. The number of halogens is 1. The average Bonchev–Trinajstić information content (AvgIpc) is 2.77. The monoisotopic (exact) mass is 408 g/mol. The first-order chi connectivity index (χ1) is 14.6. The van der Waals surface area contributed by atoms with Gasteiger partial charge in [-0.1, -0.05) is 12.1 Å². The highest BCUT2D eigenvalue weighted by Gasteiger charge is 2.23. The summed E-state index contributed by atoms with van der Waals surface area (Å²) in [5.41, 5.74) is 3.38. The number of ether oxygens (including phenoxy) is 2. The summed E-state index contributed by atoms with van der Waals surface area (Å²) in [6.45, 7) is 1.11. The molecule has 0 bridgehead atoms. The Labute approximate surface area is 173 Å². The standard InChI is InChI=1S/C23H21FN2O4/c1-29-21-11-16(24)3-5-17(21)14-2-4-18-15(7-9-30-22(18)10-14)12-26-20-13-25-8-6-19(20)23(27)28/h2-6,8,10-11,13,15,26H,7,9,12H2,1H3,(H,27,28)/t15-/m0/s1. The first kappa shape index (κ1) is 19.7. The summed E-state index contributed by atoms with van der Waals surface area (Å²) < 4.78 is 24.7. The molecule has 0 unspecified atom stereocenters. The number of nitrogens with one attached hydrogen (secondary N) is 1. The molecule has 1 aliphatic heterocycles. The molecule has 0 spiro atoms. The Balaban J connectivity index is 1.58. The smallest absolute Gasteiger partial charge is 0.337 e. The van der Waals surface area contributed by atoms with Gasteiger partial charge in [-0.25, -0.2) is 9.18 Å². The fourth-order valence-corrected chi connectivity index (χ4v) is 3.70. The summed E-state index contributed by atoms with van der Waals surface area (Å²) in [5, 5.41) is 12.6. The molecule has 2 aromatic carbocycles. The van der Waals surface area contributed by atoms with Crippen LogP contribution >= 0.6 is 0 Å². The predicted octanol–water partition coefficient (Wildman–Crippen LogP) is 4.57. The maximum atomic E-state index is 13.5. The Morgan fingerprint density at radius 3 is 2.97 bits per heavy atom. The largest absolute Gasteiger partial charge is 0.496 e. The summed E-state index contributed by atoms with van der Waals surface area (Å²) in [7, 11) is 1.51. The average molecular weight is 408 g/mol. The zero-order chi connectivity index (χ0) is 21.1. The van der Waals surface area contributed by atoms with Gasteiger partial charge in [-0.2, -0.15) is 0 Å². The normalized spacial score (nSPS) is 15.1. The lowest BCUT2D eigenvalue weighted by atomic mass is 9.90. The van der Waals surface area contributed by atoms with E-state index in [1.54, 1.807) is 6.07 Å². The fourth-order valence-electron chi connectivity index (χ4n) is 3.70. The van der Waals surface area contributed by atoms with Crippen LogP contribution in [0, 0.1) is 5.82 Å². The minimum atomic E-state index is -0.995. The van der Waals surface area contributed by atoms with Gasteiger partial charge in [-0.3, -0.25) is 4.98 Å². The van der Waals surface area contributed by atoms with Crippen LogP contribution in [0.15, 0.2) is 54.9 Å².